The standard InChI is InChI=1S/C18H21N7O3/c1-11-7-20-18(23-14-3-5-21-25(14)2)24-15(11)13-10-28-17(22-13)16(26)19-8-12-4-6-27-9-12/h3,5,7,10,12H,4,6,8-9H2,1-2H3,(H,19,26)(H,20,23,24). The van der Waals surface area contributed by atoms with Gasteiger partial charge in [0.25, 0.3) is 5.89 Å². The normalized spacial score (nSPS) is 16.3. The van der Waals surface area contributed by atoms with Crippen LogP contribution in [0.3, 0.4) is 0 Å². The summed E-state index contributed by atoms with van der Waals surface area (Å²) in [5.41, 5.74) is 1.88. The Kier molecular flexibility index (Phi) is 5.02. The first kappa shape index (κ1) is 18.1. The molecule has 1 fully saturated rings. The lowest BCUT2D eigenvalue weighted by Gasteiger charge is -2.07. The number of aromatic nitrogens is 5. The maximum atomic E-state index is 12.3. The van der Waals surface area contributed by atoms with Crippen molar-refractivity contribution < 1.29 is 13.9 Å². The Balaban J connectivity index is 1.48. The monoisotopic (exact) mass is 383 g/mol. The molecule has 0 saturated carbocycles. The molecular formula is C18H21N7O3. The number of carbonyl (C=O) groups excluding carboxylic acids is 1. The zero-order valence-corrected chi connectivity index (χ0v) is 15.7. The minimum Gasteiger partial charge on any atom is -0.440 e. The van der Waals surface area contributed by atoms with E-state index in [4.69, 9.17) is 9.15 Å². The molecule has 10 heteroatoms. The number of aryl methyl sites for hydroxylation is 2. The minimum atomic E-state index is -0.349. The number of amides is 1. The first-order valence-corrected chi connectivity index (χ1v) is 9.00. The van der Waals surface area contributed by atoms with E-state index in [1.807, 2.05) is 20.0 Å². The molecule has 0 aromatic carbocycles. The zero-order valence-electron chi connectivity index (χ0n) is 15.7. The Bertz CT molecular complexity index is 975. The fraction of sp³-hybridized carbons (Fsp3) is 0.389. The summed E-state index contributed by atoms with van der Waals surface area (Å²) in [6.45, 7) is 3.83. The average molecular weight is 383 g/mol. The molecule has 1 atom stereocenters. The Morgan fingerprint density at radius 2 is 2.29 bits per heavy atom. The van der Waals surface area contributed by atoms with E-state index < -0.39 is 0 Å². The molecule has 4 heterocycles. The first-order valence-electron chi connectivity index (χ1n) is 9.00. The van der Waals surface area contributed by atoms with Crippen LogP contribution < -0.4 is 10.6 Å². The smallest absolute Gasteiger partial charge is 0.307 e. The second-order valence-corrected chi connectivity index (χ2v) is 6.67. The number of hydrogen-bond acceptors (Lipinski definition) is 8. The van der Waals surface area contributed by atoms with Gasteiger partial charge in [-0.3, -0.25) is 9.48 Å². The third-order valence-electron chi connectivity index (χ3n) is 4.55. The molecule has 1 aliphatic heterocycles. The lowest BCUT2D eigenvalue weighted by Crippen LogP contribution is -2.29. The van der Waals surface area contributed by atoms with Crippen LogP contribution in [0.25, 0.3) is 11.4 Å². The van der Waals surface area contributed by atoms with Crippen molar-refractivity contribution in [3.05, 3.63) is 36.2 Å². The van der Waals surface area contributed by atoms with Crippen LogP contribution in [0.1, 0.15) is 22.7 Å². The molecule has 0 bridgehead atoms. The van der Waals surface area contributed by atoms with Gasteiger partial charge in [-0.1, -0.05) is 0 Å². The second kappa shape index (κ2) is 7.77. The van der Waals surface area contributed by atoms with Crippen LogP contribution in [0.15, 0.2) is 29.1 Å². The van der Waals surface area contributed by atoms with Crippen molar-refractivity contribution in [2.24, 2.45) is 13.0 Å². The van der Waals surface area contributed by atoms with Crippen LogP contribution in [0.5, 0.6) is 0 Å². The van der Waals surface area contributed by atoms with Crippen LogP contribution in [-0.4, -0.2) is 50.4 Å². The molecule has 0 radical (unpaired) electrons. The predicted molar refractivity (Wildman–Crippen MR) is 100 cm³/mol. The third kappa shape index (κ3) is 3.86. The largest absolute Gasteiger partial charge is 0.440 e. The molecule has 146 valence electrons. The van der Waals surface area contributed by atoms with Crippen molar-refractivity contribution in [3.8, 4) is 11.4 Å². The average Bonchev–Trinajstić information content (AvgIpc) is 3.44. The van der Waals surface area contributed by atoms with Crippen molar-refractivity contribution in [1.29, 1.82) is 0 Å². The molecule has 0 spiro atoms. The SMILES string of the molecule is Cc1cnc(Nc2ccnn2C)nc1-c1coc(C(=O)NCC2CCOC2)n1. The second-order valence-electron chi connectivity index (χ2n) is 6.67. The Morgan fingerprint density at radius 1 is 1.39 bits per heavy atom. The Hall–Kier alpha value is -3.27. The summed E-state index contributed by atoms with van der Waals surface area (Å²) in [6.07, 6.45) is 5.74. The van der Waals surface area contributed by atoms with Crippen LogP contribution in [0.2, 0.25) is 0 Å². The summed E-state index contributed by atoms with van der Waals surface area (Å²) in [7, 11) is 1.82. The number of ether oxygens (including phenoxy) is 1. The molecule has 10 nitrogen and oxygen atoms in total. The molecular weight excluding hydrogens is 362 g/mol. The van der Waals surface area contributed by atoms with Crippen molar-refractivity contribution in [2.45, 2.75) is 13.3 Å². The van der Waals surface area contributed by atoms with Gasteiger partial charge in [0.1, 0.15) is 23.5 Å². The maximum Gasteiger partial charge on any atom is 0.307 e. The van der Waals surface area contributed by atoms with E-state index in [9.17, 15) is 4.79 Å². The zero-order chi connectivity index (χ0) is 19.5. The fourth-order valence-corrected chi connectivity index (χ4v) is 2.92. The van der Waals surface area contributed by atoms with Gasteiger partial charge in [0, 0.05) is 38.4 Å². The van der Waals surface area contributed by atoms with Gasteiger partial charge < -0.3 is 19.8 Å². The first-order chi connectivity index (χ1) is 13.6. The quantitative estimate of drug-likeness (QED) is 0.660. The maximum absolute atomic E-state index is 12.3. The highest BCUT2D eigenvalue weighted by atomic mass is 16.5. The number of nitrogens with one attached hydrogen (secondary N) is 2. The highest BCUT2D eigenvalue weighted by Crippen LogP contribution is 2.22. The molecule has 3 aromatic rings. The number of anilines is 2. The Morgan fingerprint density at radius 3 is 3.04 bits per heavy atom. The predicted octanol–water partition coefficient (Wildman–Crippen LogP) is 1.68. The van der Waals surface area contributed by atoms with Gasteiger partial charge in [0.05, 0.1) is 12.8 Å². The molecule has 2 N–H and O–H groups in total. The van der Waals surface area contributed by atoms with Gasteiger partial charge in [-0.2, -0.15) is 5.10 Å². The number of carbonyl (C=O) groups is 1. The lowest BCUT2D eigenvalue weighted by atomic mass is 10.1. The highest BCUT2D eigenvalue weighted by Gasteiger charge is 2.20. The van der Waals surface area contributed by atoms with Crippen molar-refractivity contribution in [3.63, 3.8) is 0 Å². The van der Waals surface area contributed by atoms with E-state index in [-0.39, 0.29) is 11.8 Å². The van der Waals surface area contributed by atoms with Crippen LogP contribution in [-0.2, 0) is 11.8 Å². The Labute approximate surface area is 161 Å². The van der Waals surface area contributed by atoms with Gasteiger partial charge in [0.2, 0.25) is 5.95 Å². The molecule has 1 amide bonds. The molecule has 1 aliphatic rings. The highest BCUT2D eigenvalue weighted by molar-refractivity contribution is 5.90. The number of nitrogens with zero attached hydrogens (tertiary/aromatic N) is 5. The number of hydrogen-bond donors (Lipinski definition) is 2. The summed E-state index contributed by atoms with van der Waals surface area (Å²) >= 11 is 0. The minimum absolute atomic E-state index is 0.00747. The summed E-state index contributed by atoms with van der Waals surface area (Å²) in [4.78, 5) is 25.4. The summed E-state index contributed by atoms with van der Waals surface area (Å²) < 4.78 is 12.4. The van der Waals surface area contributed by atoms with E-state index in [0.717, 1.165) is 24.4 Å². The molecule has 4 rings (SSSR count). The third-order valence-corrected chi connectivity index (χ3v) is 4.55. The van der Waals surface area contributed by atoms with Crippen molar-refractivity contribution >= 4 is 17.7 Å². The van der Waals surface area contributed by atoms with Gasteiger partial charge in [-0.25, -0.2) is 15.0 Å². The van der Waals surface area contributed by atoms with Crippen molar-refractivity contribution in [1.82, 2.24) is 30.0 Å². The summed E-state index contributed by atoms with van der Waals surface area (Å²) in [6, 6.07) is 1.82. The summed E-state index contributed by atoms with van der Waals surface area (Å²) in [5.74, 6) is 1.15. The fourth-order valence-electron chi connectivity index (χ4n) is 2.92. The van der Waals surface area contributed by atoms with Gasteiger partial charge in [-0.05, 0) is 18.9 Å². The molecule has 1 saturated heterocycles. The number of rotatable bonds is 6. The van der Waals surface area contributed by atoms with E-state index in [0.29, 0.717) is 36.4 Å². The molecule has 1 unspecified atom stereocenters. The van der Waals surface area contributed by atoms with Crippen LogP contribution in [0, 0.1) is 12.8 Å². The number of oxazole rings is 1. The summed E-state index contributed by atoms with van der Waals surface area (Å²) in [5, 5.41) is 10.0. The van der Waals surface area contributed by atoms with Gasteiger partial charge in [0.15, 0.2) is 0 Å². The van der Waals surface area contributed by atoms with Crippen LogP contribution >= 0.6 is 0 Å². The molecule has 3 aromatic heterocycles. The van der Waals surface area contributed by atoms with E-state index in [1.165, 1.54) is 6.26 Å². The van der Waals surface area contributed by atoms with E-state index in [1.54, 1.807) is 17.1 Å². The topological polar surface area (TPSA) is 120 Å². The molecule has 28 heavy (non-hydrogen) atoms. The van der Waals surface area contributed by atoms with Gasteiger partial charge >= 0.3 is 5.91 Å². The van der Waals surface area contributed by atoms with Crippen LogP contribution in [0.4, 0.5) is 11.8 Å². The van der Waals surface area contributed by atoms with Crippen molar-refractivity contribution in [2.75, 3.05) is 25.1 Å². The van der Waals surface area contributed by atoms with Gasteiger partial charge in [-0.15, -0.1) is 0 Å². The lowest BCUT2D eigenvalue weighted by molar-refractivity contribution is 0.0910. The van der Waals surface area contributed by atoms with E-state index in [2.05, 4.69) is 30.7 Å². The van der Waals surface area contributed by atoms with E-state index >= 15 is 0 Å². The molecule has 0 aliphatic carbocycles.